The highest BCUT2D eigenvalue weighted by molar-refractivity contribution is 5.29. The van der Waals surface area contributed by atoms with Gasteiger partial charge in [-0.2, -0.15) is 0 Å². The quantitative estimate of drug-likeness (QED) is 0.556. The van der Waals surface area contributed by atoms with E-state index in [4.69, 9.17) is 0 Å². The van der Waals surface area contributed by atoms with Gasteiger partial charge in [0.25, 0.3) is 0 Å². The van der Waals surface area contributed by atoms with Gasteiger partial charge in [0.1, 0.15) is 0 Å². The van der Waals surface area contributed by atoms with Gasteiger partial charge in [-0.25, -0.2) is 0 Å². The van der Waals surface area contributed by atoms with Crippen LogP contribution in [0, 0.1) is 6.08 Å². The lowest BCUT2D eigenvalue weighted by Gasteiger charge is -2.04. The van der Waals surface area contributed by atoms with Gasteiger partial charge < -0.3 is 0 Å². The summed E-state index contributed by atoms with van der Waals surface area (Å²) in [5.41, 5.74) is 3.99. The number of hydrogen-bond acceptors (Lipinski definition) is 0. The Labute approximate surface area is 83.0 Å². The highest BCUT2D eigenvalue weighted by Crippen LogP contribution is 2.15. The fourth-order valence-corrected chi connectivity index (χ4v) is 1.04. The van der Waals surface area contributed by atoms with E-state index in [0.29, 0.717) is 0 Å². The molecule has 0 unspecified atom stereocenters. The van der Waals surface area contributed by atoms with Crippen molar-refractivity contribution in [1.82, 2.24) is 0 Å². The molecule has 0 saturated heterocycles. The Morgan fingerprint density at radius 2 is 1.85 bits per heavy atom. The Kier molecular flexibility index (Phi) is 6.30. The van der Waals surface area contributed by atoms with Crippen LogP contribution in [-0.4, -0.2) is 0 Å². The smallest absolute Gasteiger partial charge is 0.0147 e. The Morgan fingerprint density at radius 1 is 1.23 bits per heavy atom. The normalized spacial score (nSPS) is 13.0. The summed E-state index contributed by atoms with van der Waals surface area (Å²) in [6.07, 6.45) is 9.88. The minimum Gasteiger partial charge on any atom is -0.0844 e. The topological polar surface area (TPSA) is 0 Å². The van der Waals surface area contributed by atoms with Crippen LogP contribution in [0.1, 0.15) is 47.5 Å². The molecule has 0 saturated carbocycles. The summed E-state index contributed by atoms with van der Waals surface area (Å²) in [7, 11) is 0. The van der Waals surface area contributed by atoms with Crippen molar-refractivity contribution in [1.29, 1.82) is 0 Å². The third-order valence-corrected chi connectivity index (χ3v) is 1.94. The molecule has 73 valence electrons. The van der Waals surface area contributed by atoms with Crippen LogP contribution < -0.4 is 0 Å². The molecule has 0 aromatic heterocycles. The van der Waals surface area contributed by atoms with E-state index in [1.165, 1.54) is 23.1 Å². The minimum absolute atomic E-state index is 1.12. The molecule has 0 N–H and O–H groups in total. The summed E-state index contributed by atoms with van der Waals surface area (Å²) in [4.78, 5) is 0. The second kappa shape index (κ2) is 6.71. The maximum absolute atomic E-state index is 3.36. The van der Waals surface area contributed by atoms with E-state index in [1.54, 1.807) is 0 Å². The fourth-order valence-electron chi connectivity index (χ4n) is 1.04. The average molecular weight is 177 g/mol. The fraction of sp³-hybridized carbons (Fsp3) is 0.538. The highest BCUT2D eigenvalue weighted by atomic mass is 14.0. The zero-order chi connectivity index (χ0) is 10.3. The van der Waals surface area contributed by atoms with Crippen molar-refractivity contribution in [3.8, 4) is 0 Å². The van der Waals surface area contributed by atoms with Gasteiger partial charge in [0, 0.05) is 0 Å². The van der Waals surface area contributed by atoms with E-state index in [9.17, 15) is 0 Å². The van der Waals surface area contributed by atoms with Crippen molar-refractivity contribution >= 4 is 0 Å². The average Bonchev–Trinajstić information content (AvgIpc) is 2.10. The van der Waals surface area contributed by atoms with Gasteiger partial charge >= 0.3 is 0 Å². The molecule has 0 rings (SSSR count). The summed E-state index contributed by atoms with van der Waals surface area (Å²) >= 11 is 0. The van der Waals surface area contributed by atoms with Crippen LogP contribution in [-0.2, 0) is 0 Å². The number of rotatable bonds is 4. The van der Waals surface area contributed by atoms with E-state index in [0.717, 1.165) is 6.42 Å². The standard InChI is InChI=1S/C13H21/c1-6-8-13(12(5)7-2)10-9-11(3)4/h7,9H,6,8H2,1-5H3. The Hall–Kier alpha value is -0.780. The summed E-state index contributed by atoms with van der Waals surface area (Å²) in [6.45, 7) is 10.6. The molecule has 0 atom stereocenters. The Balaban J connectivity index is 4.60. The largest absolute Gasteiger partial charge is 0.0844 e. The summed E-state index contributed by atoms with van der Waals surface area (Å²) in [5.74, 6) is 0. The molecular weight excluding hydrogens is 156 g/mol. The molecule has 0 aliphatic carbocycles. The van der Waals surface area contributed by atoms with Gasteiger partial charge in [0.2, 0.25) is 0 Å². The molecule has 0 amide bonds. The van der Waals surface area contributed by atoms with E-state index in [2.05, 4.69) is 52.8 Å². The van der Waals surface area contributed by atoms with Crippen LogP contribution >= 0.6 is 0 Å². The lowest BCUT2D eigenvalue weighted by molar-refractivity contribution is 0.907. The molecule has 0 aliphatic heterocycles. The molecular formula is C13H21. The van der Waals surface area contributed by atoms with Crippen LogP contribution in [0.4, 0.5) is 0 Å². The highest BCUT2D eigenvalue weighted by Gasteiger charge is 1.96. The molecule has 0 aromatic carbocycles. The first-order chi connectivity index (χ1) is 6.11. The number of hydrogen-bond donors (Lipinski definition) is 0. The first-order valence-electron chi connectivity index (χ1n) is 5.00. The maximum Gasteiger partial charge on any atom is -0.0147 e. The molecule has 0 aliphatic rings. The first-order valence-corrected chi connectivity index (χ1v) is 5.00. The van der Waals surface area contributed by atoms with Crippen molar-refractivity contribution in [2.24, 2.45) is 0 Å². The first kappa shape index (κ1) is 12.2. The molecule has 0 spiro atoms. The third-order valence-electron chi connectivity index (χ3n) is 1.94. The van der Waals surface area contributed by atoms with Gasteiger partial charge in [-0.3, -0.25) is 0 Å². The second-order valence-corrected chi connectivity index (χ2v) is 3.57. The summed E-state index contributed by atoms with van der Waals surface area (Å²) in [6, 6.07) is 0. The summed E-state index contributed by atoms with van der Waals surface area (Å²) < 4.78 is 0. The van der Waals surface area contributed by atoms with Gasteiger partial charge in [-0.1, -0.05) is 36.6 Å². The monoisotopic (exact) mass is 177 g/mol. The van der Waals surface area contributed by atoms with E-state index in [-0.39, 0.29) is 0 Å². The molecule has 1 radical (unpaired) electrons. The van der Waals surface area contributed by atoms with E-state index >= 15 is 0 Å². The molecule has 0 heterocycles. The second-order valence-electron chi connectivity index (χ2n) is 3.57. The van der Waals surface area contributed by atoms with Crippen molar-refractivity contribution in [2.45, 2.75) is 47.5 Å². The van der Waals surface area contributed by atoms with Crippen molar-refractivity contribution in [2.75, 3.05) is 0 Å². The molecule has 0 bridgehead atoms. The SMILES string of the molecule is CC=C(C)/C(=[C]/C=C(C)C)CCC. The van der Waals surface area contributed by atoms with Crippen LogP contribution in [0.2, 0.25) is 0 Å². The molecule has 13 heavy (non-hydrogen) atoms. The molecule has 0 fully saturated rings. The number of allylic oxidation sites excluding steroid dienone is 6. The van der Waals surface area contributed by atoms with E-state index < -0.39 is 0 Å². The molecule has 0 heteroatoms. The van der Waals surface area contributed by atoms with Gasteiger partial charge in [-0.15, -0.1) is 0 Å². The van der Waals surface area contributed by atoms with Crippen molar-refractivity contribution < 1.29 is 0 Å². The van der Waals surface area contributed by atoms with Crippen LogP contribution in [0.5, 0.6) is 0 Å². The Bertz CT molecular complexity index is 222. The van der Waals surface area contributed by atoms with Crippen LogP contribution in [0.15, 0.2) is 28.9 Å². The van der Waals surface area contributed by atoms with Crippen molar-refractivity contribution in [3.05, 3.63) is 34.9 Å². The lowest BCUT2D eigenvalue weighted by atomic mass is 10.0. The predicted octanol–water partition coefficient (Wildman–Crippen LogP) is 4.45. The Morgan fingerprint density at radius 3 is 2.23 bits per heavy atom. The zero-order valence-electron chi connectivity index (χ0n) is 9.57. The third kappa shape index (κ3) is 5.46. The molecule has 0 aromatic rings. The van der Waals surface area contributed by atoms with Gasteiger partial charge in [0.15, 0.2) is 0 Å². The maximum atomic E-state index is 3.36. The van der Waals surface area contributed by atoms with Gasteiger partial charge in [-0.05, 0) is 45.8 Å². The van der Waals surface area contributed by atoms with Crippen LogP contribution in [0.3, 0.4) is 0 Å². The zero-order valence-corrected chi connectivity index (χ0v) is 9.57. The van der Waals surface area contributed by atoms with Gasteiger partial charge in [0.05, 0.1) is 0 Å². The molecule has 0 nitrogen and oxygen atoms in total. The lowest BCUT2D eigenvalue weighted by Crippen LogP contribution is -1.85. The van der Waals surface area contributed by atoms with E-state index in [1.807, 2.05) is 0 Å². The predicted molar refractivity (Wildman–Crippen MR) is 60.5 cm³/mol. The van der Waals surface area contributed by atoms with Crippen LogP contribution in [0.25, 0.3) is 0 Å². The minimum atomic E-state index is 1.12. The summed E-state index contributed by atoms with van der Waals surface area (Å²) in [5, 5.41) is 0. The van der Waals surface area contributed by atoms with Crippen molar-refractivity contribution in [3.63, 3.8) is 0 Å².